The van der Waals surface area contributed by atoms with Crippen LogP contribution in [0.5, 0.6) is 0 Å². The Kier molecular flexibility index (Phi) is 5.38. The maximum Gasteiger partial charge on any atom is 0.337 e. The van der Waals surface area contributed by atoms with Crippen molar-refractivity contribution in [3.63, 3.8) is 0 Å². The fourth-order valence-corrected chi connectivity index (χ4v) is 1.45. The molecule has 1 rings (SSSR count). The monoisotopic (exact) mass is 256 g/mol. The molecule has 5 nitrogen and oxygen atoms in total. The molecule has 0 saturated carbocycles. The summed E-state index contributed by atoms with van der Waals surface area (Å²) in [6.07, 6.45) is 0.708. The normalized spacial score (nSPS) is 10.3. The van der Waals surface area contributed by atoms with Gasteiger partial charge < -0.3 is 20.9 Å². The van der Waals surface area contributed by atoms with Crippen LogP contribution in [0, 0.1) is 5.82 Å². The van der Waals surface area contributed by atoms with E-state index in [-0.39, 0.29) is 16.9 Å². The molecule has 0 fully saturated rings. The van der Waals surface area contributed by atoms with E-state index < -0.39 is 11.8 Å². The summed E-state index contributed by atoms with van der Waals surface area (Å²) in [4.78, 5) is 10.9. The van der Waals surface area contributed by atoms with Crippen LogP contribution >= 0.6 is 0 Å². The van der Waals surface area contributed by atoms with Gasteiger partial charge in [0.2, 0.25) is 0 Å². The summed E-state index contributed by atoms with van der Waals surface area (Å²) in [7, 11) is 0. The summed E-state index contributed by atoms with van der Waals surface area (Å²) < 4.78 is 18.6. The highest BCUT2D eigenvalue weighted by Crippen LogP contribution is 2.22. The van der Waals surface area contributed by atoms with Gasteiger partial charge in [0.25, 0.3) is 0 Å². The largest absolute Gasteiger partial charge is 0.478 e. The molecular formula is C12H17FN2O3. The summed E-state index contributed by atoms with van der Waals surface area (Å²) in [5, 5.41) is 11.7. The first kappa shape index (κ1) is 14.2. The van der Waals surface area contributed by atoms with Gasteiger partial charge in [0.15, 0.2) is 0 Å². The Morgan fingerprint density at radius 1 is 1.56 bits per heavy atom. The minimum absolute atomic E-state index is 0.0835. The molecule has 0 spiro atoms. The minimum atomic E-state index is -1.18. The second-order valence-corrected chi connectivity index (χ2v) is 3.70. The molecule has 0 aliphatic rings. The summed E-state index contributed by atoms with van der Waals surface area (Å²) in [5.74, 6) is -1.74. The Hall–Kier alpha value is -1.82. The minimum Gasteiger partial charge on any atom is -0.478 e. The van der Waals surface area contributed by atoms with Gasteiger partial charge in [0.05, 0.1) is 11.3 Å². The molecule has 1 aromatic rings. The molecule has 4 N–H and O–H groups in total. The summed E-state index contributed by atoms with van der Waals surface area (Å²) in [6, 6.07) is 2.21. The first-order chi connectivity index (χ1) is 8.56. The zero-order valence-corrected chi connectivity index (χ0v) is 10.2. The molecule has 18 heavy (non-hydrogen) atoms. The van der Waals surface area contributed by atoms with Crippen molar-refractivity contribution in [1.82, 2.24) is 0 Å². The molecule has 1 aromatic carbocycles. The number of nitrogens with two attached hydrogens (primary N) is 1. The van der Waals surface area contributed by atoms with Gasteiger partial charge in [-0.15, -0.1) is 0 Å². The van der Waals surface area contributed by atoms with Crippen LogP contribution in [0.3, 0.4) is 0 Å². The van der Waals surface area contributed by atoms with Gasteiger partial charge in [-0.05, 0) is 25.5 Å². The van der Waals surface area contributed by atoms with Crippen molar-refractivity contribution in [1.29, 1.82) is 0 Å². The summed E-state index contributed by atoms with van der Waals surface area (Å²) >= 11 is 0. The van der Waals surface area contributed by atoms with E-state index in [4.69, 9.17) is 15.6 Å². The lowest BCUT2D eigenvalue weighted by Crippen LogP contribution is -2.10. The van der Waals surface area contributed by atoms with Gasteiger partial charge in [-0.3, -0.25) is 0 Å². The summed E-state index contributed by atoms with van der Waals surface area (Å²) in [6.45, 7) is 3.61. The number of carboxylic acids is 1. The maximum atomic E-state index is 13.5. The number of nitrogens with one attached hydrogen (secondary N) is 1. The highest BCUT2D eigenvalue weighted by Gasteiger charge is 2.12. The van der Waals surface area contributed by atoms with Crippen LogP contribution in [0.15, 0.2) is 12.1 Å². The van der Waals surface area contributed by atoms with Crippen molar-refractivity contribution in [3.8, 4) is 0 Å². The number of ether oxygens (including phenoxy) is 1. The highest BCUT2D eigenvalue weighted by atomic mass is 19.1. The van der Waals surface area contributed by atoms with Gasteiger partial charge in [-0.1, -0.05) is 0 Å². The molecule has 0 saturated heterocycles. The lowest BCUT2D eigenvalue weighted by atomic mass is 10.1. The number of carboxylic acid groups (broad SMARTS) is 1. The van der Waals surface area contributed by atoms with E-state index in [0.29, 0.717) is 26.2 Å². The molecule has 0 atom stereocenters. The van der Waals surface area contributed by atoms with E-state index in [1.165, 1.54) is 6.07 Å². The van der Waals surface area contributed by atoms with Crippen LogP contribution < -0.4 is 11.1 Å². The Morgan fingerprint density at radius 3 is 2.89 bits per heavy atom. The number of hydrogen-bond acceptors (Lipinski definition) is 4. The number of anilines is 2. The number of halogens is 1. The SMILES string of the molecule is CCOCCCNc1cc(C(=O)O)c(N)cc1F. The van der Waals surface area contributed by atoms with Crippen LogP contribution in [0.2, 0.25) is 0 Å². The highest BCUT2D eigenvalue weighted by molar-refractivity contribution is 5.94. The predicted octanol–water partition coefficient (Wildman–Crippen LogP) is 1.94. The Bertz CT molecular complexity index is 424. The lowest BCUT2D eigenvalue weighted by molar-refractivity contribution is 0.0698. The van der Waals surface area contributed by atoms with Crippen molar-refractivity contribution >= 4 is 17.3 Å². The molecule has 0 amide bonds. The quantitative estimate of drug-likeness (QED) is 0.513. The third kappa shape index (κ3) is 3.89. The average Bonchev–Trinajstić information content (AvgIpc) is 2.30. The Balaban J connectivity index is 2.65. The van der Waals surface area contributed by atoms with E-state index in [1.54, 1.807) is 0 Å². The van der Waals surface area contributed by atoms with Gasteiger partial charge in [0, 0.05) is 25.4 Å². The third-order valence-electron chi connectivity index (χ3n) is 2.35. The van der Waals surface area contributed by atoms with Gasteiger partial charge in [-0.25, -0.2) is 9.18 Å². The Labute approximate surface area is 105 Å². The molecule has 0 unspecified atom stereocenters. The lowest BCUT2D eigenvalue weighted by Gasteiger charge is -2.10. The molecule has 6 heteroatoms. The second-order valence-electron chi connectivity index (χ2n) is 3.70. The van der Waals surface area contributed by atoms with Crippen LogP contribution in [0.4, 0.5) is 15.8 Å². The van der Waals surface area contributed by atoms with Crippen LogP contribution in [-0.4, -0.2) is 30.8 Å². The second kappa shape index (κ2) is 6.80. The molecule has 0 bridgehead atoms. The third-order valence-corrected chi connectivity index (χ3v) is 2.35. The van der Waals surface area contributed by atoms with Gasteiger partial charge in [-0.2, -0.15) is 0 Å². The predicted molar refractivity (Wildman–Crippen MR) is 67.4 cm³/mol. The first-order valence-electron chi connectivity index (χ1n) is 5.70. The molecule has 100 valence electrons. The Morgan fingerprint density at radius 2 is 2.28 bits per heavy atom. The average molecular weight is 256 g/mol. The first-order valence-corrected chi connectivity index (χ1v) is 5.70. The smallest absolute Gasteiger partial charge is 0.337 e. The van der Waals surface area contributed by atoms with Crippen molar-refractivity contribution in [2.24, 2.45) is 0 Å². The van der Waals surface area contributed by atoms with Crippen molar-refractivity contribution < 1.29 is 19.0 Å². The van der Waals surface area contributed by atoms with Crippen molar-refractivity contribution in [3.05, 3.63) is 23.5 Å². The molecule has 0 aromatic heterocycles. The van der Waals surface area contributed by atoms with Crippen molar-refractivity contribution in [2.45, 2.75) is 13.3 Å². The standard InChI is InChI=1S/C12H17FN2O3/c1-2-18-5-3-4-15-11-6-8(12(16)17)10(14)7-9(11)13/h6-7,15H,2-5,14H2,1H3,(H,16,17). The van der Waals surface area contributed by atoms with E-state index in [9.17, 15) is 9.18 Å². The number of carbonyl (C=O) groups is 1. The maximum absolute atomic E-state index is 13.5. The van der Waals surface area contributed by atoms with Crippen LogP contribution in [0.25, 0.3) is 0 Å². The molecule has 0 aliphatic heterocycles. The zero-order chi connectivity index (χ0) is 13.5. The van der Waals surface area contributed by atoms with Gasteiger partial charge in [0.1, 0.15) is 5.82 Å². The fraction of sp³-hybridized carbons (Fsp3) is 0.417. The van der Waals surface area contributed by atoms with E-state index in [2.05, 4.69) is 5.32 Å². The number of benzene rings is 1. The number of nitrogen functional groups attached to an aromatic ring is 1. The van der Waals surface area contributed by atoms with Crippen LogP contribution in [0.1, 0.15) is 23.7 Å². The molecular weight excluding hydrogens is 239 g/mol. The number of hydrogen-bond donors (Lipinski definition) is 3. The zero-order valence-electron chi connectivity index (χ0n) is 10.2. The van der Waals surface area contributed by atoms with Crippen LogP contribution in [-0.2, 0) is 4.74 Å². The fourth-order valence-electron chi connectivity index (χ4n) is 1.45. The number of aromatic carboxylic acids is 1. The van der Waals surface area contributed by atoms with E-state index >= 15 is 0 Å². The van der Waals surface area contributed by atoms with E-state index in [0.717, 1.165) is 6.07 Å². The van der Waals surface area contributed by atoms with Crippen molar-refractivity contribution in [2.75, 3.05) is 30.8 Å². The summed E-state index contributed by atoms with van der Waals surface area (Å²) in [5.41, 5.74) is 5.36. The molecule has 0 aliphatic carbocycles. The van der Waals surface area contributed by atoms with Gasteiger partial charge >= 0.3 is 5.97 Å². The molecule has 0 heterocycles. The van der Waals surface area contributed by atoms with E-state index in [1.807, 2.05) is 6.92 Å². The number of rotatable bonds is 7. The topological polar surface area (TPSA) is 84.6 Å². The molecule has 0 radical (unpaired) electrons.